The lowest BCUT2D eigenvalue weighted by Crippen LogP contribution is -2.51. The first-order valence-corrected chi connectivity index (χ1v) is 6.29. The molecule has 3 N–H and O–H groups in total. The van der Waals surface area contributed by atoms with Crippen molar-refractivity contribution in [3.05, 3.63) is 0 Å². The van der Waals surface area contributed by atoms with E-state index in [-0.39, 0.29) is 18.0 Å². The van der Waals surface area contributed by atoms with Crippen molar-refractivity contribution in [1.29, 1.82) is 0 Å². The number of hydrogen-bond acceptors (Lipinski definition) is 4. The third kappa shape index (κ3) is 5.02. The summed E-state index contributed by atoms with van der Waals surface area (Å²) in [5.41, 5.74) is 6.00. The molecule has 0 spiro atoms. The maximum atomic E-state index is 11.7. The van der Waals surface area contributed by atoms with Crippen molar-refractivity contribution >= 4 is 5.91 Å². The van der Waals surface area contributed by atoms with Gasteiger partial charge in [-0.3, -0.25) is 9.69 Å². The van der Waals surface area contributed by atoms with Gasteiger partial charge in [0.15, 0.2) is 0 Å². The van der Waals surface area contributed by atoms with E-state index in [1.54, 1.807) is 7.11 Å². The lowest BCUT2D eigenvalue weighted by molar-refractivity contribution is -0.123. The Morgan fingerprint density at radius 3 is 2.94 bits per heavy atom. The van der Waals surface area contributed by atoms with Gasteiger partial charge in [-0.1, -0.05) is 6.92 Å². The molecular weight excluding hydrogens is 218 g/mol. The van der Waals surface area contributed by atoms with Crippen LogP contribution in [0.4, 0.5) is 0 Å². The van der Waals surface area contributed by atoms with Gasteiger partial charge in [0.25, 0.3) is 0 Å². The minimum Gasteiger partial charge on any atom is -0.383 e. The number of piperidine rings is 1. The number of hydrogen-bond donors (Lipinski definition) is 2. The van der Waals surface area contributed by atoms with E-state index in [4.69, 9.17) is 10.5 Å². The molecular formula is C12H25N3O2. The first-order valence-electron chi connectivity index (χ1n) is 6.29. The number of rotatable bonds is 5. The van der Waals surface area contributed by atoms with Gasteiger partial charge in [0, 0.05) is 25.7 Å². The quantitative estimate of drug-likeness (QED) is 0.702. The number of nitrogens with zero attached hydrogens (tertiary/aromatic N) is 1. The Morgan fingerprint density at radius 2 is 2.35 bits per heavy atom. The predicted molar refractivity (Wildman–Crippen MR) is 67.7 cm³/mol. The average Bonchev–Trinajstić information content (AvgIpc) is 2.23. The van der Waals surface area contributed by atoms with E-state index in [0.29, 0.717) is 19.1 Å². The lowest BCUT2D eigenvalue weighted by Gasteiger charge is -2.34. The Morgan fingerprint density at radius 1 is 1.65 bits per heavy atom. The van der Waals surface area contributed by atoms with Gasteiger partial charge in [-0.15, -0.1) is 0 Å². The first kappa shape index (κ1) is 14.4. The summed E-state index contributed by atoms with van der Waals surface area (Å²) in [7, 11) is 1.63. The Labute approximate surface area is 104 Å². The minimum atomic E-state index is 0.0521. The lowest BCUT2D eigenvalue weighted by atomic mass is 9.94. The summed E-state index contributed by atoms with van der Waals surface area (Å²) in [5.74, 6) is 0.609. The van der Waals surface area contributed by atoms with Gasteiger partial charge >= 0.3 is 0 Å². The van der Waals surface area contributed by atoms with E-state index < -0.39 is 0 Å². The summed E-state index contributed by atoms with van der Waals surface area (Å²) >= 11 is 0. The molecule has 3 atom stereocenters. The van der Waals surface area contributed by atoms with E-state index in [2.05, 4.69) is 17.1 Å². The second-order valence-corrected chi connectivity index (χ2v) is 5.09. The van der Waals surface area contributed by atoms with Crippen molar-refractivity contribution in [2.24, 2.45) is 11.7 Å². The van der Waals surface area contributed by atoms with Gasteiger partial charge in [-0.25, -0.2) is 0 Å². The van der Waals surface area contributed by atoms with Crippen molar-refractivity contribution in [3.63, 3.8) is 0 Å². The molecule has 5 heteroatoms. The third-order valence-corrected chi connectivity index (χ3v) is 3.29. The molecule has 17 heavy (non-hydrogen) atoms. The third-order valence-electron chi connectivity index (χ3n) is 3.29. The summed E-state index contributed by atoms with van der Waals surface area (Å²) < 4.78 is 4.98. The standard InChI is InChI=1S/C12H25N3O2/c1-9-4-5-15(6-11(9)13)7-12(16)14-10(2)8-17-3/h9-11H,4-8,13H2,1-3H3,(H,14,16). The highest BCUT2D eigenvalue weighted by molar-refractivity contribution is 5.78. The summed E-state index contributed by atoms with van der Waals surface area (Å²) in [4.78, 5) is 13.9. The summed E-state index contributed by atoms with van der Waals surface area (Å²) in [6.07, 6.45) is 1.07. The fraction of sp³-hybridized carbons (Fsp3) is 0.917. The molecule has 0 bridgehead atoms. The first-order chi connectivity index (χ1) is 8.02. The van der Waals surface area contributed by atoms with Crippen molar-refractivity contribution in [2.75, 3.05) is 33.4 Å². The zero-order valence-electron chi connectivity index (χ0n) is 11.1. The molecule has 100 valence electrons. The Bertz CT molecular complexity index is 248. The minimum absolute atomic E-state index is 0.0521. The van der Waals surface area contributed by atoms with Crippen LogP contribution < -0.4 is 11.1 Å². The number of nitrogens with one attached hydrogen (secondary N) is 1. The van der Waals surface area contributed by atoms with Gasteiger partial charge in [0.1, 0.15) is 0 Å². The zero-order chi connectivity index (χ0) is 12.8. The maximum absolute atomic E-state index is 11.7. The van der Waals surface area contributed by atoms with Crippen LogP contribution in [-0.4, -0.2) is 56.2 Å². The van der Waals surface area contributed by atoms with Crippen LogP contribution in [0.3, 0.4) is 0 Å². The highest BCUT2D eigenvalue weighted by Gasteiger charge is 2.24. The van der Waals surface area contributed by atoms with Crippen LogP contribution >= 0.6 is 0 Å². The van der Waals surface area contributed by atoms with Crippen LogP contribution in [0.1, 0.15) is 20.3 Å². The Kier molecular flexibility index (Phi) is 5.88. The molecule has 1 fully saturated rings. The topological polar surface area (TPSA) is 67.6 Å². The molecule has 5 nitrogen and oxygen atoms in total. The van der Waals surface area contributed by atoms with Crippen molar-refractivity contribution in [1.82, 2.24) is 10.2 Å². The Balaban J connectivity index is 2.27. The number of methoxy groups -OCH3 is 1. The molecule has 1 rings (SSSR count). The van der Waals surface area contributed by atoms with Gasteiger partial charge < -0.3 is 15.8 Å². The largest absolute Gasteiger partial charge is 0.383 e. The van der Waals surface area contributed by atoms with Gasteiger partial charge in [0.2, 0.25) is 5.91 Å². The Hall–Kier alpha value is -0.650. The van der Waals surface area contributed by atoms with Crippen LogP contribution in [0.25, 0.3) is 0 Å². The predicted octanol–water partition coefficient (Wildman–Crippen LogP) is -0.193. The van der Waals surface area contributed by atoms with Crippen LogP contribution in [0, 0.1) is 5.92 Å². The maximum Gasteiger partial charge on any atom is 0.234 e. The monoisotopic (exact) mass is 243 g/mol. The molecule has 0 radical (unpaired) electrons. The zero-order valence-corrected chi connectivity index (χ0v) is 11.1. The fourth-order valence-electron chi connectivity index (χ4n) is 2.13. The molecule has 1 saturated heterocycles. The van der Waals surface area contributed by atoms with Crippen LogP contribution in [0.15, 0.2) is 0 Å². The van der Waals surface area contributed by atoms with Crippen LogP contribution in [-0.2, 0) is 9.53 Å². The smallest absolute Gasteiger partial charge is 0.234 e. The van der Waals surface area contributed by atoms with E-state index in [9.17, 15) is 4.79 Å². The van der Waals surface area contributed by atoms with Crippen LogP contribution in [0.5, 0.6) is 0 Å². The number of nitrogens with two attached hydrogens (primary N) is 1. The van der Waals surface area contributed by atoms with E-state index >= 15 is 0 Å². The summed E-state index contributed by atoms with van der Waals surface area (Å²) in [6, 6.07) is 0.248. The van der Waals surface area contributed by atoms with E-state index in [1.165, 1.54) is 0 Å². The number of amides is 1. The van der Waals surface area contributed by atoms with Crippen molar-refractivity contribution in [2.45, 2.75) is 32.4 Å². The number of likely N-dealkylation sites (tertiary alicyclic amines) is 1. The van der Waals surface area contributed by atoms with Crippen LogP contribution in [0.2, 0.25) is 0 Å². The molecule has 1 aliphatic rings. The fourth-order valence-corrected chi connectivity index (χ4v) is 2.13. The number of carbonyl (C=O) groups is 1. The number of carbonyl (C=O) groups excluding carboxylic acids is 1. The second kappa shape index (κ2) is 6.93. The summed E-state index contributed by atoms with van der Waals surface area (Å²) in [5, 5.41) is 2.91. The molecule has 0 aromatic carbocycles. The van der Waals surface area contributed by atoms with Crippen molar-refractivity contribution < 1.29 is 9.53 Å². The van der Waals surface area contributed by atoms with Gasteiger partial charge in [-0.2, -0.15) is 0 Å². The molecule has 1 aliphatic heterocycles. The second-order valence-electron chi connectivity index (χ2n) is 5.09. The highest BCUT2D eigenvalue weighted by atomic mass is 16.5. The number of ether oxygens (including phenoxy) is 1. The van der Waals surface area contributed by atoms with Crippen molar-refractivity contribution in [3.8, 4) is 0 Å². The van der Waals surface area contributed by atoms with Gasteiger partial charge in [-0.05, 0) is 25.8 Å². The molecule has 3 unspecified atom stereocenters. The van der Waals surface area contributed by atoms with E-state index in [1.807, 2.05) is 6.92 Å². The summed E-state index contributed by atoms with van der Waals surface area (Å²) in [6.45, 7) is 6.86. The molecule has 0 aromatic heterocycles. The SMILES string of the molecule is COCC(C)NC(=O)CN1CCC(C)C(N)C1. The molecule has 0 saturated carbocycles. The molecule has 0 aliphatic carbocycles. The molecule has 1 amide bonds. The van der Waals surface area contributed by atoms with Gasteiger partial charge in [0.05, 0.1) is 13.2 Å². The molecule has 1 heterocycles. The molecule has 0 aromatic rings. The average molecular weight is 243 g/mol. The van der Waals surface area contributed by atoms with E-state index in [0.717, 1.165) is 19.5 Å². The highest BCUT2D eigenvalue weighted by Crippen LogP contribution is 2.14. The normalized spacial score (nSPS) is 27.8.